The lowest BCUT2D eigenvalue weighted by atomic mass is 10.1. The number of hydrogen-bond donors (Lipinski definition) is 0. The van der Waals surface area contributed by atoms with Crippen molar-refractivity contribution in [2.24, 2.45) is 5.92 Å². The molecule has 0 atom stereocenters. The van der Waals surface area contributed by atoms with Crippen LogP contribution in [-0.2, 0) is 4.74 Å². The molecule has 0 unspecified atom stereocenters. The first kappa shape index (κ1) is 18.4. The van der Waals surface area contributed by atoms with Crippen molar-refractivity contribution in [1.29, 1.82) is 0 Å². The third kappa shape index (κ3) is 5.06. The number of ether oxygens (including phenoxy) is 2. The van der Waals surface area contributed by atoms with Gasteiger partial charge in [0.1, 0.15) is 5.75 Å². The van der Waals surface area contributed by atoms with E-state index in [2.05, 4.69) is 22.6 Å². The summed E-state index contributed by atoms with van der Waals surface area (Å²) in [6, 6.07) is 11.7. The first-order valence-corrected chi connectivity index (χ1v) is 8.70. The maximum atomic E-state index is 12.2. The van der Waals surface area contributed by atoms with E-state index >= 15 is 0 Å². The second-order valence-electron chi connectivity index (χ2n) is 5.87. The first-order chi connectivity index (χ1) is 11.4. The highest BCUT2D eigenvalue weighted by molar-refractivity contribution is 14.1. The topological polar surface area (TPSA) is 52.6 Å². The fourth-order valence-corrected chi connectivity index (χ4v) is 2.39. The Morgan fingerprint density at radius 3 is 2.21 bits per heavy atom. The second-order valence-corrected chi connectivity index (χ2v) is 7.03. The van der Waals surface area contributed by atoms with Gasteiger partial charge in [0.2, 0.25) is 0 Å². The molecule has 126 valence electrons. The summed E-state index contributed by atoms with van der Waals surface area (Å²) in [4.78, 5) is 24.0. The smallest absolute Gasteiger partial charge is 0.343 e. The number of rotatable bonds is 5. The van der Waals surface area contributed by atoms with Crippen LogP contribution in [-0.4, -0.2) is 18.5 Å². The lowest BCUT2D eigenvalue weighted by molar-refractivity contribution is 0.0459. The SMILES string of the molecule is Cc1ccc(C(=O)Oc2ccc(C(=O)OCC(C)C)cc2)cc1I. The molecule has 0 radical (unpaired) electrons. The average Bonchev–Trinajstić information content (AvgIpc) is 2.55. The fraction of sp³-hybridized carbons (Fsp3) is 0.263. The summed E-state index contributed by atoms with van der Waals surface area (Å²) >= 11 is 2.18. The van der Waals surface area contributed by atoms with Gasteiger partial charge in [-0.2, -0.15) is 0 Å². The Hall–Kier alpha value is -1.89. The van der Waals surface area contributed by atoms with Crippen molar-refractivity contribution in [3.63, 3.8) is 0 Å². The quantitative estimate of drug-likeness (QED) is 0.388. The van der Waals surface area contributed by atoms with Crippen molar-refractivity contribution in [2.75, 3.05) is 6.61 Å². The van der Waals surface area contributed by atoms with Crippen molar-refractivity contribution < 1.29 is 19.1 Å². The molecule has 24 heavy (non-hydrogen) atoms. The predicted octanol–water partition coefficient (Wildman–Crippen LogP) is 4.63. The van der Waals surface area contributed by atoms with Crippen molar-refractivity contribution in [2.45, 2.75) is 20.8 Å². The molecule has 0 aromatic heterocycles. The Morgan fingerprint density at radius 2 is 1.62 bits per heavy atom. The van der Waals surface area contributed by atoms with E-state index in [1.165, 1.54) is 0 Å². The van der Waals surface area contributed by atoms with E-state index < -0.39 is 5.97 Å². The van der Waals surface area contributed by atoms with Gasteiger partial charge in [-0.25, -0.2) is 9.59 Å². The molecule has 2 rings (SSSR count). The van der Waals surface area contributed by atoms with Gasteiger partial charge in [-0.1, -0.05) is 19.9 Å². The van der Waals surface area contributed by atoms with Crippen molar-refractivity contribution in [3.8, 4) is 5.75 Å². The molecule has 0 aliphatic heterocycles. The van der Waals surface area contributed by atoms with Gasteiger partial charge in [0, 0.05) is 3.57 Å². The lowest BCUT2D eigenvalue weighted by Gasteiger charge is -2.08. The summed E-state index contributed by atoms with van der Waals surface area (Å²) in [6.45, 7) is 6.31. The van der Waals surface area contributed by atoms with Crippen LogP contribution >= 0.6 is 22.6 Å². The van der Waals surface area contributed by atoms with Crippen LogP contribution in [0.1, 0.15) is 40.1 Å². The van der Waals surface area contributed by atoms with E-state index in [0.717, 1.165) is 9.13 Å². The molecule has 2 aromatic rings. The maximum Gasteiger partial charge on any atom is 0.343 e. The summed E-state index contributed by atoms with van der Waals surface area (Å²) < 4.78 is 11.5. The summed E-state index contributed by atoms with van der Waals surface area (Å²) in [7, 11) is 0. The van der Waals surface area contributed by atoms with Crippen LogP contribution < -0.4 is 4.74 Å². The third-order valence-electron chi connectivity index (χ3n) is 3.26. The Kier molecular flexibility index (Phi) is 6.36. The predicted molar refractivity (Wildman–Crippen MR) is 100 cm³/mol. The van der Waals surface area contributed by atoms with E-state index in [9.17, 15) is 9.59 Å². The molecule has 5 heteroatoms. The standard InChI is InChI=1S/C19H19IO4/c1-12(2)11-23-18(21)14-6-8-16(9-7-14)24-19(22)15-5-4-13(3)17(20)10-15/h4-10,12H,11H2,1-3H3. The van der Waals surface area contributed by atoms with Gasteiger partial charge >= 0.3 is 11.9 Å². The molecule has 0 saturated carbocycles. The molecule has 0 N–H and O–H groups in total. The highest BCUT2D eigenvalue weighted by Crippen LogP contribution is 2.18. The molecular formula is C19H19IO4. The zero-order valence-corrected chi connectivity index (χ0v) is 16.0. The number of esters is 2. The van der Waals surface area contributed by atoms with Gasteiger partial charge in [0.05, 0.1) is 17.7 Å². The molecule has 0 spiro atoms. The maximum absolute atomic E-state index is 12.2. The van der Waals surface area contributed by atoms with Crippen LogP contribution in [0.25, 0.3) is 0 Å². The Morgan fingerprint density at radius 1 is 1.00 bits per heavy atom. The minimum atomic E-state index is -0.428. The number of benzene rings is 2. The molecule has 0 heterocycles. The largest absolute Gasteiger partial charge is 0.462 e. The number of halogens is 1. The Balaban J connectivity index is 2.01. The molecule has 0 amide bonds. The molecular weight excluding hydrogens is 419 g/mol. The summed E-state index contributed by atoms with van der Waals surface area (Å²) in [5, 5.41) is 0. The van der Waals surface area contributed by atoms with Gasteiger partial charge in [-0.05, 0) is 77.4 Å². The summed E-state index contributed by atoms with van der Waals surface area (Å²) in [6.07, 6.45) is 0. The number of aryl methyl sites for hydroxylation is 1. The van der Waals surface area contributed by atoms with E-state index in [4.69, 9.17) is 9.47 Å². The van der Waals surface area contributed by atoms with Crippen molar-refractivity contribution in [1.82, 2.24) is 0 Å². The van der Waals surface area contributed by atoms with Crippen molar-refractivity contribution >= 4 is 34.5 Å². The number of carbonyl (C=O) groups is 2. The molecule has 0 saturated heterocycles. The Bertz CT molecular complexity index is 736. The summed E-state index contributed by atoms with van der Waals surface area (Å²) in [5.74, 6) is -0.139. The van der Waals surface area contributed by atoms with Crippen LogP contribution in [0, 0.1) is 16.4 Å². The highest BCUT2D eigenvalue weighted by Gasteiger charge is 2.12. The van der Waals surface area contributed by atoms with Gasteiger partial charge in [0.15, 0.2) is 0 Å². The van der Waals surface area contributed by atoms with Crippen LogP contribution in [0.3, 0.4) is 0 Å². The van der Waals surface area contributed by atoms with E-state index in [1.54, 1.807) is 36.4 Å². The number of carbonyl (C=O) groups excluding carboxylic acids is 2. The molecule has 0 aliphatic rings. The van der Waals surface area contributed by atoms with E-state index in [0.29, 0.717) is 23.5 Å². The molecule has 0 bridgehead atoms. The summed E-state index contributed by atoms with van der Waals surface area (Å²) in [5.41, 5.74) is 2.03. The molecule has 0 fully saturated rings. The van der Waals surface area contributed by atoms with E-state index in [-0.39, 0.29) is 11.9 Å². The zero-order valence-electron chi connectivity index (χ0n) is 13.8. The van der Waals surface area contributed by atoms with Crippen LogP contribution in [0.2, 0.25) is 0 Å². The van der Waals surface area contributed by atoms with E-state index in [1.807, 2.05) is 26.8 Å². The minimum Gasteiger partial charge on any atom is -0.462 e. The minimum absolute atomic E-state index is 0.284. The number of hydrogen-bond acceptors (Lipinski definition) is 4. The van der Waals surface area contributed by atoms with Crippen molar-refractivity contribution in [3.05, 3.63) is 62.7 Å². The van der Waals surface area contributed by atoms with Crippen LogP contribution in [0.5, 0.6) is 5.75 Å². The molecule has 4 nitrogen and oxygen atoms in total. The van der Waals surface area contributed by atoms with Crippen LogP contribution in [0.4, 0.5) is 0 Å². The zero-order chi connectivity index (χ0) is 17.7. The van der Waals surface area contributed by atoms with Crippen LogP contribution in [0.15, 0.2) is 42.5 Å². The highest BCUT2D eigenvalue weighted by atomic mass is 127. The first-order valence-electron chi connectivity index (χ1n) is 7.62. The van der Waals surface area contributed by atoms with Gasteiger partial charge in [-0.3, -0.25) is 0 Å². The average molecular weight is 438 g/mol. The van der Waals surface area contributed by atoms with Gasteiger partial charge in [0.25, 0.3) is 0 Å². The molecule has 2 aromatic carbocycles. The third-order valence-corrected chi connectivity index (χ3v) is 4.42. The van der Waals surface area contributed by atoms with Gasteiger partial charge < -0.3 is 9.47 Å². The lowest BCUT2D eigenvalue weighted by Crippen LogP contribution is -2.11. The Labute approximate surface area is 155 Å². The normalized spacial score (nSPS) is 10.5. The fourth-order valence-electron chi connectivity index (χ4n) is 1.87. The monoisotopic (exact) mass is 438 g/mol. The van der Waals surface area contributed by atoms with Gasteiger partial charge in [-0.15, -0.1) is 0 Å². The second kappa shape index (κ2) is 8.28. The molecule has 0 aliphatic carbocycles.